The van der Waals surface area contributed by atoms with Crippen molar-refractivity contribution in [2.45, 2.75) is 0 Å². The standard InChI is InChI=1S/C15H9BrN2O3/c16-9-4-3-5-10(8-9)17-18-13-14(19)11-6-1-2-7-12(11)21-15(13)20/h1-8,19H. The van der Waals surface area contributed by atoms with Crippen LogP contribution in [0.1, 0.15) is 0 Å². The van der Waals surface area contributed by atoms with Crippen LogP contribution in [0.15, 0.2) is 72.4 Å². The third-order valence-electron chi connectivity index (χ3n) is 2.84. The van der Waals surface area contributed by atoms with Crippen molar-refractivity contribution in [3.05, 3.63) is 63.4 Å². The normalized spacial score (nSPS) is 11.3. The fourth-order valence-corrected chi connectivity index (χ4v) is 2.25. The fourth-order valence-electron chi connectivity index (χ4n) is 1.86. The van der Waals surface area contributed by atoms with E-state index in [1.807, 2.05) is 6.07 Å². The van der Waals surface area contributed by atoms with Crippen LogP contribution in [0.2, 0.25) is 0 Å². The molecule has 0 saturated heterocycles. The Balaban J connectivity index is 2.10. The van der Waals surface area contributed by atoms with E-state index in [0.29, 0.717) is 16.7 Å². The molecule has 2 aromatic carbocycles. The lowest BCUT2D eigenvalue weighted by Crippen LogP contribution is -1.98. The Kier molecular flexibility index (Phi) is 3.53. The molecule has 0 unspecified atom stereocenters. The quantitative estimate of drug-likeness (QED) is 0.541. The smallest absolute Gasteiger partial charge is 0.368 e. The average molecular weight is 345 g/mol. The minimum Gasteiger partial charge on any atom is -0.505 e. The summed E-state index contributed by atoms with van der Waals surface area (Å²) >= 11 is 3.32. The molecule has 0 aliphatic carbocycles. The Morgan fingerprint density at radius 1 is 1.05 bits per heavy atom. The summed E-state index contributed by atoms with van der Waals surface area (Å²) in [7, 11) is 0. The molecule has 104 valence electrons. The van der Waals surface area contributed by atoms with Crippen molar-refractivity contribution < 1.29 is 9.52 Å². The van der Waals surface area contributed by atoms with Crippen LogP contribution in [0.5, 0.6) is 5.75 Å². The van der Waals surface area contributed by atoms with Gasteiger partial charge in [0.25, 0.3) is 0 Å². The maximum absolute atomic E-state index is 11.9. The van der Waals surface area contributed by atoms with Crippen LogP contribution in [-0.2, 0) is 0 Å². The first-order valence-corrected chi connectivity index (χ1v) is 6.86. The highest BCUT2D eigenvalue weighted by Crippen LogP contribution is 2.32. The van der Waals surface area contributed by atoms with Crippen molar-refractivity contribution in [1.29, 1.82) is 0 Å². The van der Waals surface area contributed by atoms with Gasteiger partial charge >= 0.3 is 5.63 Å². The zero-order valence-corrected chi connectivity index (χ0v) is 12.2. The third-order valence-corrected chi connectivity index (χ3v) is 3.33. The molecule has 0 amide bonds. The Bertz CT molecular complexity index is 903. The molecule has 0 saturated carbocycles. The van der Waals surface area contributed by atoms with Crippen molar-refractivity contribution in [2.24, 2.45) is 10.2 Å². The lowest BCUT2D eigenvalue weighted by molar-refractivity contribution is 0.469. The number of fused-ring (bicyclic) bond motifs is 1. The average Bonchev–Trinajstić information content (AvgIpc) is 2.47. The number of aromatic hydroxyl groups is 1. The number of para-hydroxylation sites is 1. The molecule has 5 nitrogen and oxygen atoms in total. The van der Waals surface area contributed by atoms with E-state index in [0.717, 1.165) is 4.47 Å². The van der Waals surface area contributed by atoms with Crippen LogP contribution in [0, 0.1) is 0 Å². The Hall–Kier alpha value is -2.47. The molecule has 1 heterocycles. The van der Waals surface area contributed by atoms with Gasteiger partial charge in [-0.25, -0.2) is 4.79 Å². The van der Waals surface area contributed by atoms with Gasteiger partial charge < -0.3 is 9.52 Å². The molecule has 6 heteroatoms. The Morgan fingerprint density at radius 3 is 2.67 bits per heavy atom. The summed E-state index contributed by atoms with van der Waals surface area (Å²) < 4.78 is 5.95. The predicted octanol–water partition coefficient (Wildman–Crippen LogP) is 4.68. The number of benzene rings is 2. The van der Waals surface area contributed by atoms with Gasteiger partial charge in [-0.1, -0.05) is 34.1 Å². The summed E-state index contributed by atoms with van der Waals surface area (Å²) in [6, 6.07) is 13.8. The molecule has 21 heavy (non-hydrogen) atoms. The minimum atomic E-state index is -0.732. The van der Waals surface area contributed by atoms with Crippen LogP contribution >= 0.6 is 15.9 Å². The van der Waals surface area contributed by atoms with Gasteiger partial charge in [-0.15, -0.1) is 5.11 Å². The van der Waals surface area contributed by atoms with Crippen LogP contribution < -0.4 is 5.63 Å². The Morgan fingerprint density at radius 2 is 1.86 bits per heavy atom. The van der Waals surface area contributed by atoms with E-state index in [2.05, 4.69) is 26.2 Å². The molecule has 3 rings (SSSR count). The molecule has 0 aliphatic rings. The highest BCUT2D eigenvalue weighted by atomic mass is 79.9. The number of rotatable bonds is 2. The van der Waals surface area contributed by atoms with Crippen molar-refractivity contribution >= 4 is 38.3 Å². The minimum absolute atomic E-state index is 0.214. The van der Waals surface area contributed by atoms with Gasteiger partial charge in [0.2, 0.25) is 5.69 Å². The molecule has 0 fully saturated rings. The molecule has 1 N–H and O–H groups in total. The molecule has 0 radical (unpaired) electrons. The van der Waals surface area contributed by atoms with Gasteiger partial charge in [-0.2, -0.15) is 5.11 Å². The van der Waals surface area contributed by atoms with Crippen LogP contribution in [0.4, 0.5) is 11.4 Å². The monoisotopic (exact) mass is 344 g/mol. The largest absolute Gasteiger partial charge is 0.505 e. The van der Waals surface area contributed by atoms with Gasteiger partial charge in [0.05, 0.1) is 11.1 Å². The van der Waals surface area contributed by atoms with E-state index < -0.39 is 5.63 Å². The number of hydrogen-bond acceptors (Lipinski definition) is 5. The summed E-state index contributed by atoms with van der Waals surface area (Å²) in [4.78, 5) is 11.9. The van der Waals surface area contributed by atoms with Gasteiger partial charge in [-0.05, 0) is 30.3 Å². The van der Waals surface area contributed by atoms with Crippen molar-refractivity contribution in [3.63, 3.8) is 0 Å². The van der Waals surface area contributed by atoms with Crippen LogP contribution in [0.25, 0.3) is 11.0 Å². The first-order chi connectivity index (χ1) is 10.1. The summed E-state index contributed by atoms with van der Waals surface area (Å²) in [5.74, 6) is -0.236. The zero-order chi connectivity index (χ0) is 14.8. The molecular weight excluding hydrogens is 336 g/mol. The molecule has 0 atom stereocenters. The summed E-state index contributed by atoms with van der Waals surface area (Å²) in [6.07, 6.45) is 0. The number of hydrogen-bond donors (Lipinski definition) is 1. The molecular formula is C15H9BrN2O3. The maximum atomic E-state index is 11.9. The van der Waals surface area contributed by atoms with Gasteiger partial charge in [0.1, 0.15) is 5.58 Å². The van der Waals surface area contributed by atoms with Gasteiger partial charge in [0.15, 0.2) is 5.75 Å². The second-order valence-electron chi connectivity index (χ2n) is 4.26. The SMILES string of the molecule is O=c1oc2ccccc2c(O)c1N=Nc1cccc(Br)c1. The van der Waals surface area contributed by atoms with Gasteiger partial charge in [0, 0.05) is 4.47 Å². The molecule has 0 aliphatic heterocycles. The fraction of sp³-hybridized carbons (Fsp3) is 0. The topological polar surface area (TPSA) is 75.2 Å². The first kappa shape index (κ1) is 13.5. The van der Waals surface area contributed by atoms with Crippen molar-refractivity contribution in [2.75, 3.05) is 0 Å². The third kappa shape index (κ3) is 2.71. The van der Waals surface area contributed by atoms with E-state index in [4.69, 9.17) is 4.42 Å². The summed E-state index contributed by atoms with van der Waals surface area (Å²) in [5, 5.41) is 18.3. The molecule has 0 spiro atoms. The maximum Gasteiger partial charge on any atom is 0.368 e. The van der Waals surface area contributed by atoms with E-state index >= 15 is 0 Å². The highest BCUT2D eigenvalue weighted by molar-refractivity contribution is 9.10. The molecule has 0 bridgehead atoms. The summed E-state index contributed by atoms with van der Waals surface area (Å²) in [6.45, 7) is 0. The van der Waals surface area contributed by atoms with Crippen molar-refractivity contribution in [1.82, 2.24) is 0 Å². The number of azo groups is 1. The lowest BCUT2D eigenvalue weighted by Gasteiger charge is -2.01. The zero-order valence-electron chi connectivity index (χ0n) is 10.7. The van der Waals surface area contributed by atoms with E-state index in [1.54, 1.807) is 42.5 Å². The molecule has 3 aromatic rings. The van der Waals surface area contributed by atoms with E-state index in [-0.39, 0.29) is 11.4 Å². The second-order valence-corrected chi connectivity index (χ2v) is 5.18. The Labute approximate surface area is 127 Å². The number of nitrogens with zero attached hydrogens (tertiary/aromatic N) is 2. The summed E-state index contributed by atoms with van der Waals surface area (Å²) in [5.41, 5.74) is -0.0867. The lowest BCUT2D eigenvalue weighted by atomic mass is 10.2. The second kappa shape index (κ2) is 5.49. The number of halogens is 1. The first-order valence-electron chi connectivity index (χ1n) is 6.07. The van der Waals surface area contributed by atoms with E-state index in [9.17, 15) is 9.90 Å². The highest BCUT2D eigenvalue weighted by Gasteiger charge is 2.13. The molecule has 1 aromatic heterocycles. The van der Waals surface area contributed by atoms with Crippen LogP contribution in [0.3, 0.4) is 0 Å². The predicted molar refractivity (Wildman–Crippen MR) is 82.5 cm³/mol. The van der Waals surface area contributed by atoms with E-state index in [1.165, 1.54) is 0 Å². The van der Waals surface area contributed by atoms with Crippen LogP contribution in [-0.4, -0.2) is 5.11 Å². The van der Waals surface area contributed by atoms with Crippen molar-refractivity contribution in [3.8, 4) is 5.75 Å². The van der Waals surface area contributed by atoms with Gasteiger partial charge in [-0.3, -0.25) is 0 Å².